The Hall–Kier alpha value is -2.42. The first-order valence-electron chi connectivity index (χ1n) is 9.60. The predicted molar refractivity (Wildman–Crippen MR) is 126 cm³/mol. The first kappa shape index (κ1) is 21.8. The number of carbonyl (C=O) groups excluding carboxylic acids is 1. The van der Waals surface area contributed by atoms with Crippen LogP contribution in [0, 0.1) is 0 Å². The lowest BCUT2D eigenvalue weighted by atomic mass is 10.2. The number of rotatable bonds is 6. The molecule has 1 atom stereocenters. The van der Waals surface area contributed by atoms with Crippen molar-refractivity contribution in [2.45, 2.75) is 28.6 Å². The zero-order chi connectivity index (χ0) is 22.0. The van der Waals surface area contributed by atoms with Gasteiger partial charge in [-0.25, -0.2) is 4.98 Å². The van der Waals surface area contributed by atoms with Crippen molar-refractivity contribution < 1.29 is 9.53 Å². The van der Waals surface area contributed by atoms with Crippen LogP contribution >= 0.6 is 35.1 Å². The Labute approximate surface area is 193 Å². The summed E-state index contributed by atoms with van der Waals surface area (Å²) in [5, 5.41) is 4.16. The number of nitrogens with zero attached hydrogens (tertiary/aromatic N) is 2. The van der Waals surface area contributed by atoms with E-state index in [1.807, 2.05) is 12.1 Å². The largest absolute Gasteiger partial charge is 0.497 e. The highest BCUT2D eigenvalue weighted by Crippen LogP contribution is 2.35. The molecule has 31 heavy (non-hydrogen) atoms. The van der Waals surface area contributed by atoms with E-state index in [1.54, 1.807) is 59.8 Å². The van der Waals surface area contributed by atoms with Crippen molar-refractivity contribution in [1.29, 1.82) is 0 Å². The molecule has 4 rings (SSSR count). The molecule has 0 spiro atoms. The molecule has 3 aromatic rings. The fraction of sp³-hybridized carbons (Fsp3) is 0.227. The second kappa shape index (κ2) is 9.38. The molecule has 0 saturated carbocycles. The smallest absolute Gasteiger partial charge is 0.272 e. The minimum absolute atomic E-state index is 0.108. The van der Waals surface area contributed by atoms with Crippen molar-refractivity contribution in [3.8, 4) is 11.4 Å². The number of amides is 1. The van der Waals surface area contributed by atoms with Crippen molar-refractivity contribution in [3.63, 3.8) is 0 Å². The summed E-state index contributed by atoms with van der Waals surface area (Å²) < 4.78 is 6.79. The van der Waals surface area contributed by atoms with Crippen molar-refractivity contribution in [2.75, 3.05) is 18.2 Å². The highest BCUT2D eigenvalue weighted by atomic mass is 35.5. The van der Waals surface area contributed by atoms with Gasteiger partial charge in [0.1, 0.15) is 5.75 Å². The summed E-state index contributed by atoms with van der Waals surface area (Å²) in [6, 6.07) is 14.2. The van der Waals surface area contributed by atoms with Crippen LogP contribution < -0.4 is 15.6 Å². The van der Waals surface area contributed by atoms with E-state index in [4.69, 9.17) is 21.3 Å². The van der Waals surface area contributed by atoms with E-state index in [9.17, 15) is 9.59 Å². The maximum atomic E-state index is 13.3. The number of nitrogens with one attached hydrogen (secondary N) is 1. The molecule has 1 unspecified atom stereocenters. The average Bonchev–Trinajstić information content (AvgIpc) is 3.13. The number of fused-ring (bicyclic) bond motifs is 1. The fourth-order valence-electron chi connectivity index (χ4n) is 3.25. The summed E-state index contributed by atoms with van der Waals surface area (Å²) in [7, 11) is 1.59. The first-order valence-corrected chi connectivity index (χ1v) is 11.8. The Bertz CT molecular complexity index is 1180. The number of anilines is 1. The number of aromatic nitrogens is 2. The number of carbonyl (C=O) groups is 1. The molecular formula is C22H20ClN3O3S2. The minimum Gasteiger partial charge on any atom is -0.497 e. The quantitative estimate of drug-likeness (QED) is 0.414. The molecule has 1 aromatic heterocycles. The van der Waals surface area contributed by atoms with Gasteiger partial charge in [-0.1, -0.05) is 36.4 Å². The number of hydrogen-bond donors (Lipinski definition) is 1. The van der Waals surface area contributed by atoms with E-state index in [0.29, 0.717) is 37.4 Å². The number of thioether (sulfide) groups is 2. The zero-order valence-electron chi connectivity index (χ0n) is 16.9. The normalized spacial score (nSPS) is 14.9. The lowest BCUT2D eigenvalue weighted by Crippen LogP contribution is -2.24. The van der Waals surface area contributed by atoms with Gasteiger partial charge in [0.15, 0.2) is 5.16 Å². The van der Waals surface area contributed by atoms with E-state index < -0.39 is 0 Å². The summed E-state index contributed by atoms with van der Waals surface area (Å²) in [5.41, 5.74) is 1.99. The van der Waals surface area contributed by atoms with Crippen molar-refractivity contribution in [2.24, 2.45) is 0 Å². The van der Waals surface area contributed by atoms with Gasteiger partial charge in [0.25, 0.3) is 5.56 Å². The van der Waals surface area contributed by atoms with Gasteiger partial charge in [-0.3, -0.25) is 14.2 Å². The van der Waals surface area contributed by atoms with E-state index in [2.05, 4.69) is 12.2 Å². The molecule has 1 N–H and O–H groups in total. The van der Waals surface area contributed by atoms with Crippen LogP contribution in [-0.2, 0) is 11.2 Å². The molecule has 0 aliphatic carbocycles. The highest BCUT2D eigenvalue weighted by molar-refractivity contribution is 8.00. The number of ether oxygens (including phenoxy) is 1. The van der Waals surface area contributed by atoms with Gasteiger partial charge in [0, 0.05) is 22.4 Å². The lowest BCUT2D eigenvalue weighted by molar-refractivity contribution is -0.113. The Morgan fingerprint density at radius 2 is 2.10 bits per heavy atom. The Morgan fingerprint density at radius 3 is 2.81 bits per heavy atom. The van der Waals surface area contributed by atoms with Gasteiger partial charge in [0.05, 0.1) is 29.1 Å². The topological polar surface area (TPSA) is 73.2 Å². The second-order valence-electron chi connectivity index (χ2n) is 6.99. The standard InChI is InChI=1S/C22H20ClN3O3S2/c1-13-10-18-20(31-13)21(28)26(16-6-8-17(29-2)9-7-16)22(25-18)30-12-19(27)24-15-5-3-4-14(23)11-15/h3-9,11,13H,10,12H2,1-2H3,(H,24,27). The van der Waals surface area contributed by atoms with Gasteiger partial charge in [-0.05, 0) is 42.5 Å². The van der Waals surface area contributed by atoms with Crippen LogP contribution in [0.25, 0.3) is 5.69 Å². The maximum absolute atomic E-state index is 13.3. The molecule has 0 fully saturated rings. The molecule has 1 aliphatic heterocycles. The van der Waals surface area contributed by atoms with E-state index in [0.717, 1.165) is 12.1 Å². The van der Waals surface area contributed by atoms with Crippen molar-refractivity contribution in [1.82, 2.24) is 9.55 Å². The summed E-state index contributed by atoms with van der Waals surface area (Å²) in [4.78, 5) is 31.2. The molecule has 160 valence electrons. The van der Waals surface area contributed by atoms with E-state index >= 15 is 0 Å². The summed E-state index contributed by atoms with van der Waals surface area (Å²) >= 11 is 8.76. The molecule has 6 nitrogen and oxygen atoms in total. The van der Waals surface area contributed by atoms with Crippen LogP contribution in [0.2, 0.25) is 5.02 Å². The third kappa shape index (κ3) is 4.92. The molecule has 9 heteroatoms. The van der Waals surface area contributed by atoms with Crippen LogP contribution in [0.4, 0.5) is 5.69 Å². The molecule has 1 amide bonds. The minimum atomic E-state index is -0.203. The number of halogens is 1. The molecule has 0 radical (unpaired) electrons. The average molecular weight is 474 g/mol. The van der Waals surface area contributed by atoms with Crippen molar-refractivity contribution >= 4 is 46.7 Å². The van der Waals surface area contributed by atoms with E-state index in [-0.39, 0.29) is 17.2 Å². The molecule has 0 saturated heterocycles. The van der Waals surface area contributed by atoms with Gasteiger partial charge in [-0.2, -0.15) is 0 Å². The Kier molecular flexibility index (Phi) is 6.60. The second-order valence-corrected chi connectivity index (χ2v) is 9.82. The zero-order valence-corrected chi connectivity index (χ0v) is 19.3. The third-order valence-electron chi connectivity index (χ3n) is 4.65. The highest BCUT2D eigenvalue weighted by Gasteiger charge is 2.27. The summed E-state index contributed by atoms with van der Waals surface area (Å²) in [5.74, 6) is 0.603. The summed E-state index contributed by atoms with van der Waals surface area (Å²) in [6.07, 6.45) is 0.737. The molecular weight excluding hydrogens is 454 g/mol. The van der Waals surface area contributed by atoms with Gasteiger partial charge in [-0.15, -0.1) is 11.8 Å². The molecule has 2 heterocycles. The summed E-state index contributed by atoms with van der Waals surface area (Å²) in [6.45, 7) is 2.08. The number of hydrogen-bond acceptors (Lipinski definition) is 6. The van der Waals surface area contributed by atoms with Gasteiger partial charge < -0.3 is 10.1 Å². The van der Waals surface area contributed by atoms with Crippen LogP contribution in [0.5, 0.6) is 5.75 Å². The SMILES string of the molecule is COc1ccc(-n2c(SCC(=O)Nc3cccc(Cl)c3)nc3c(c2=O)SC(C)C3)cc1. The van der Waals surface area contributed by atoms with Crippen LogP contribution in [0.15, 0.2) is 63.4 Å². The van der Waals surface area contributed by atoms with Gasteiger partial charge >= 0.3 is 0 Å². The van der Waals surface area contributed by atoms with Crippen molar-refractivity contribution in [3.05, 3.63) is 69.6 Å². The lowest BCUT2D eigenvalue weighted by Gasteiger charge is -2.14. The third-order valence-corrected chi connectivity index (χ3v) is 7.04. The predicted octanol–water partition coefficient (Wildman–Crippen LogP) is 4.66. The Balaban J connectivity index is 1.62. The van der Waals surface area contributed by atoms with Gasteiger partial charge in [0.2, 0.25) is 5.91 Å². The number of methoxy groups -OCH3 is 1. The monoisotopic (exact) mass is 473 g/mol. The molecule has 0 bridgehead atoms. The fourth-order valence-corrected chi connectivity index (χ4v) is 5.36. The first-order chi connectivity index (χ1) is 14.9. The van der Waals surface area contributed by atoms with Crippen LogP contribution in [-0.4, -0.2) is 33.6 Å². The van der Waals surface area contributed by atoms with Crippen LogP contribution in [0.1, 0.15) is 12.6 Å². The molecule has 2 aromatic carbocycles. The van der Waals surface area contributed by atoms with Crippen LogP contribution in [0.3, 0.4) is 0 Å². The maximum Gasteiger partial charge on any atom is 0.272 e. The molecule has 1 aliphatic rings. The van der Waals surface area contributed by atoms with E-state index in [1.165, 1.54) is 11.8 Å². The number of benzene rings is 2. The Morgan fingerprint density at radius 1 is 1.32 bits per heavy atom.